The molecule has 3 aromatic carbocycles. The average Bonchev–Trinajstić information content (AvgIpc) is 2.88. The summed E-state index contributed by atoms with van der Waals surface area (Å²) >= 11 is 0. The summed E-state index contributed by atoms with van der Waals surface area (Å²) < 4.78 is 5.27. The molecule has 1 atom stereocenters. The van der Waals surface area contributed by atoms with Crippen LogP contribution >= 0.6 is 0 Å². The van der Waals surface area contributed by atoms with E-state index in [4.69, 9.17) is 4.74 Å². The third-order valence-electron chi connectivity index (χ3n) is 6.51. The van der Waals surface area contributed by atoms with Crippen LogP contribution in [0.25, 0.3) is 21.9 Å². The highest BCUT2D eigenvalue weighted by Crippen LogP contribution is 2.31. The summed E-state index contributed by atoms with van der Waals surface area (Å²) in [5, 5.41) is 12.3. The summed E-state index contributed by atoms with van der Waals surface area (Å²) in [6.45, 7) is 3.94. The van der Waals surface area contributed by atoms with Gasteiger partial charge in [-0.25, -0.2) is 4.98 Å². The molecule has 178 valence electrons. The summed E-state index contributed by atoms with van der Waals surface area (Å²) in [6.07, 6.45) is 0.819. The van der Waals surface area contributed by atoms with Crippen LogP contribution in [0, 0.1) is 6.92 Å². The van der Waals surface area contributed by atoms with Gasteiger partial charge in [0, 0.05) is 26.3 Å². The maximum atomic E-state index is 13.7. The number of aliphatic hydroxyl groups is 1. The Morgan fingerprint density at radius 3 is 2.63 bits per heavy atom. The van der Waals surface area contributed by atoms with Gasteiger partial charge in [-0.2, -0.15) is 0 Å². The number of amides is 1. The van der Waals surface area contributed by atoms with Crippen molar-refractivity contribution in [3.63, 3.8) is 0 Å². The van der Waals surface area contributed by atoms with Gasteiger partial charge >= 0.3 is 0 Å². The zero-order valence-electron chi connectivity index (χ0n) is 20.0. The molecule has 0 aliphatic carbocycles. The first-order valence-corrected chi connectivity index (χ1v) is 11.8. The maximum absolute atomic E-state index is 13.7. The van der Waals surface area contributed by atoms with E-state index in [1.165, 1.54) is 5.39 Å². The van der Waals surface area contributed by atoms with Crippen molar-refractivity contribution >= 4 is 22.5 Å². The molecular weight excluding hydrogens is 438 g/mol. The molecule has 1 amide bonds. The van der Waals surface area contributed by atoms with Crippen molar-refractivity contribution in [2.24, 2.45) is 0 Å². The zero-order valence-corrected chi connectivity index (χ0v) is 20.0. The van der Waals surface area contributed by atoms with Crippen LogP contribution in [0.1, 0.15) is 21.5 Å². The number of hydrogen-bond acceptors (Lipinski definition) is 5. The third-order valence-corrected chi connectivity index (χ3v) is 6.51. The number of morpholine rings is 1. The average molecular weight is 468 g/mol. The number of carbonyl (C=O) groups excluding carboxylic acids is 1. The van der Waals surface area contributed by atoms with Gasteiger partial charge in [-0.3, -0.25) is 4.79 Å². The molecule has 0 spiro atoms. The number of benzene rings is 3. The molecule has 6 nitrogen and oxygen atoms in total. The Bertz CT molecular complexity index is 1370. The first-order valence-electron chi connectivity index (χ1n) is 11.8. The number of fused-ring (bicyclic) bond motifs is 1. The van der Waals surface area contributed by atoms with Crippen molar-refractivity contribution in [3.05, 3.63) is 95.7 Å². The van der Waals surface area contributed by atoms with E-state index in [9.17, 15) is 9.90 Å². The van der Waals surface area contributed by atoms with E-state index in [1.54, 1.807) is 11.1 Å². The number of hydrogen-bond donors (Lipinski definition) is 1. The SMILES string of the molecule is Cc1ccccc1-c1cc(N2CCOC(O)C2)ncc1C(=O)N(C)Cc1ccc2ccccc2c1. The highest BCUT2D eigenvalue weighted by Gasteiger charge is 2.23. The van der Waals surface area contributed by atoms with Gasteiger partial charge in [-0.05, 0) is 52.1 Å². The molecule has 4 aromatic rings. The third kappa shape index (κ3) is 4.90. The Balaban J connectivity index is 1.48. The minimum absolute atomic E-state index is 0.0857. The van der Waals surface area contributed by atoms with Gasteiger partial charge < -0.3 is 19.6 Å². The molecule has 1 N–H and O–H groups in total. The number of rotatable bonds is 5. The summed E-state index contributed by atoms with van der Waals surface area (Å²) in [5.74, 6) is 0.636. The fraction of sp³-hybridized carbons (Fsp3) is 0.241. The molecule has 35 heavy (non-hydrogen) atoms. The van der Waals surface area contributed by atoms with Gasteiger partial charge in [-0.1, -0.05) is 60.7 Å². The lowest BCUT2D eigenvalue weighted by Gasteiger charge is -2.31. The first-order chi connectivity index (χ1) is 17.0. The molecular formula is C29H29N3O3. The molecule has 0 radical (unpaired) electrons. The van der Waals surface area contributed by atoms with Crippen LogP contribution in [-0.4, -0.2) is 53.9 Å². The van der Waals surface area contributed by atoms with Gasteiger partial charge in [-0.15, -0.1) is 0 Å². The number of β-amino-alcohol motifs (C(OH)–C–C–N with tert-alkyl or cyclic N) is 1. The van der Waals surface area contributed by atoms with Crippen LogP contribution in [-0.2, 0) is 11.3 Å². The summed E-state index contributed by atoms with van der Waals surface area (Å²) in [7, 11) is 1.82. The highest BCUT2D eigenvalue weighted by atomic mass is 16.6. The monoisotopic (exact) mass is 467 g/mol. The van der Waals surface area contributed by atoms with E-state index in [2.05, 4.69) is 35.3 Å². The molecule has 1 aliphatic heterocycles. The minimum Gasteiger partial charge on any atom is -0.366 e. The number of aliphatic hydroxyl groups excluding tert-OH is 1. The predicted octanol–water partition coefficient (Wildman–Crippen LogP) is 4.64. The Kier molecular flexibility index (Phi) is 6.49. The lowest BCUT2D eigenvalue weighted by Crippen LogP contribution is -2.42. The lowest BCUT2D eigenvalue weighted by molar-refractivity contribution is -0.104. The van der Waals surface area contributed by atoms with Crippen LogP contribution in [0.4, 0.5) is 5.82 Å². The zero-order chi connectivity index (χ0) is 24.4. The number of carbonyl (C=O) groups is 1. The lowest BCUT2D eigenvalue weighted by atomic mass is 9.96. The van der Waals surface area contributed by atoms with Gasteiger partial charge in [0.05, 0.1) is 18.7 Å². The van der Waals surface area contributed by atoms with E-state index in [0.29, 0.717) is 31.8 Å². The van der Waals surface area contributed by atoms with Crippen molar-refractivity contribution in [1.82, 2.24) is 9.88 Å². The number of aryl methyl sites for hydroxylation is 1. The van der Waals surface area contributed by atoms with Gasteiger partial charge in [0.15, 0.2) is 6.29 Å². The standard InChI is InChI=1S/C29H29N3O3/c1-20-7-3-6-10-24(20)25-16-27(32-13-14-35-28(33)19-32)30-17-26(25)29(34)31(2)18-21-11-12-22-8-4-5-9-23(22)15-21/h3-12,15-17,28,33H,13-14,18-19H2,1-2H3. The van der Waals surface area contributed by atoms with Crippen molar-refractivity contribution in [3.8, 4) is 11.1 Å². The quantitative estimate of drug-likeness (QED) is 0.463. The van der Waals surface area contributed by atoms with E-state index in [0.717, 1.165) is 33.5 Å². The molecule has 2 heterocycles. The van der Waals surface area contributed by atoms with E-state index in [-0.39, 0.29) is 5.91 Å². The molecule has 1 saturated heterocycles. The number of anilines is 1. The molecule has 6 heteroatoms. The Morgan fingerprint density at radius 2 is 1.83 bits per heavy atom. The van der Waals surface area contributed by atoms with E-state index < -0.39 is 6.29 Å². The highest BCUT2D eigenvalue weighted by molar-refractivity contribution is 6.01. The predicted molar refractivity (Wildman–Crippen MR) is 138 cm³/mol. The van der Waals surface area contributed by atoms with Gasteiger partial charge in [0.2, 0.25) is 0 Å². The first kappa shape index (κ1) is 23.0. The fourth-order valence-electron chi connectivity index (χ4n) is 4.61. The smallest absolute Gasteiger partial charge is 0.256 e. The summed E-state index contributed by atoms with van der Waals surface area (Å²) in [5.41, 5.74) is 4.54. The fourth-order valence-corrected chi connectivity index (χ4v) is 4.61. The normalized spacial score (nSPS) is 15.9. The van der Waals surface area contributed by atoms with Crippen molar-refractivity contribution in [2.75, 3.05) is 31.6 Å². The maximum Gasteiger partial charge on any atom is 0.256 e. The van der Waals surface area contributed by atoms with Crippen LogP contribution in [0.2, 0.25) is 0 Å². The van der Waals surface area contributed by atoms with Gasteiger partial charge in [0.1, 0.15) is 5.82 Å². The number of ether oxygens (including phenoxy) is 1. The van der Waals surface area contributed by atoms with Crippen molar-refractivity contribution < 1.29 is 14.6 Å². The summed E-state index contributed by atoms with van der Waals surface area (Å²) in [6, 6.07) is 24.5. The number of aromatic nitrogens is 1. The molecule has 0 saturated carbocycles. The van der Waals surface area contributed by atoms with Crippen molar-refractivity contribution in [2.45, 2.75) is 19.8 Å². The molecule has 1 aliphatic rings. The number of nitrogens with zero attached hydrogens (tertiary/aromatic N) is 3. The molecule has 1 fully saturated rings. The Morgan fingerprint density at radius 1 is 1.06 bits per heavy atom. The van der Waals surface area contributed by atoms with Crippen molar-refractivity contribution in [1.29, 1.82) is 0 Å². The topological polar surface area (TPSA) is 65.9 Å². The Labute approximate surface area is 205 Å². The van der Waals surface area contributed by atoms with Gasteiger partial charge in [0.25, 0.3) is 5.91 Å². The Hall–Kier alpha value is -3.74. The molecule has 1 aromatic heterocycles. The second kappa shape index (κ2) is 9.86. The molecule has 5 rings (SSSR count). The van der Waals surface area contributed by atoms with Crippen LogP contribution in [0.15, 0.2) is 79.0 Å². The second-order valence-electron chi connectivity index (χ2n) is 9.02. The largest absolute Gasteiger partial charge is 0.366 e. The molecule has 0 bridgehead atoms. The second-order valence-corrected chi connectivity index (χ2v) is 9.02. The van der Waals surface area contributed by atoms with Crippen LogP contribution in [0.3, 0.4) is 0 Å². The van der Waals surface area contributed by atoms with E-state index >= 15 is 0 Å². The van der Waals surface area contributed by atoms with E-state index in [1.807, 2.05) is 61.3 Å². The number of pyridine rings is 1. The van der Waals surface area contributed by atoms with Crippen LogP contribution < -0.4 is 4.90 Å². The summed E-state index contributed by atoms with van der Waals surface area (Å²) in [4.78, 5) is 22.0. The van der Waals surface area contributed by atoms with Crippen LogP contribution in [0.5, 0.6) is 0 Å². The molecule has 1 unspecified atom stereocenters. The minimum atomic E-state index is -0.846.